The van der Waals surface area contributed by atoms with Gasteiger partial charge in [-0.05, 0) is 23.6 Å². The van der Waals surface area contributed by atoms with Crippen molar-refractivity contribution >= 4 is 23.8 Å². The summed E-state index contributed by atoms with van der Waals surface area (Å²) in [6.07, 6.45) is 0.0308. The molecule has 2 saturated heterocycles. The lowest BCUT2D eigenvalue weighted by atomic mass is 9.90. The zero-order valence-electron chi connectivity index (χ0n) is 16.2. The van der Waals surface area contributed by atoms with E-state index in [1.165, 1.54) is 4.90 Å². The molecule has 29 heavy (non-hydrogen) atoms. The number of nitrogens with zero attached hydrogens (tertiary/aromatic N) is 1. The average molecular weight is 401 g/mol. The third kappa shape index (κ3) is 3.95. The molecule has 4 amide bonds. The molecule has 0 bridgehead atoms. The van der Waals surface area contributed by atoms with Crippen molar-refractivity contribution in [1.82, 2.24) is 15.5 Å². The number of benzene rings is 1. The molecule has 9 nitrogen and oxygen atoms in total. The summed E-state index contributed by atoms with van der Waals surface area (Å²) in [4.78, 5) is 49.6. The zero-order chi connectivity index (χ0) is 20.6. The van der Waals surface area contributed by atoms with Crippen molar-refractivity contribution in [3.63, 3.8) is 0 Å². The van der Waals surface area contributed by atoms with Crippen LogP contribution < -0.4 is 10.6 Å². The van der Waals surface area contributed by atoms with Crippen LogP contribution in [-0.4, -0.2) is 54.6 Å². The van der Waals surface area contributed by atoms with E-state index in [1.54, 1.807) is 6.07 Å². The van der Waals surface area contributed by atoms with Crippen molar-refractivity contribution in [1.29, 1.82) is 0 Å². The number of amides is 4. The van der Waals surface area contributed by atoms with Crippen LogP contribution in [0.3, 0.4) is 0 Å². The molecule has 154 valence electrons. The average Bonchev–Trinajstić information content (AvgIpc) is 2.99. The number of carbonyl (C=O) groups excluding carboxylic acids is 4. The van der Waals surface area contributed by atoms with Crippen molar-refractivity contribution in [2.45, 2.75) is 38.9 Å². The molecule has 1 aromatic carbocycles. The summed E-state index contributed by atoms with van der Waals surface area (Å²) in [5, 5.41) is 4.97. The highest BCUT2D eigenvalue weighted by Crippen LogP contribution is 2.28. The predicted octanol–water partition coefficient (Wildman–Crippen LogP) is 0.710. The van der Waals surface area contributed by atoms with Gasteiger partial charge in [0.2, 0.25) is 11.8 Å². The Morgan fingerprint density at radius 3 is 2.83 bits per heavy atom. The number of hydrogen-bond acceptors (Lipinski definition) is 6. The van der Waals surface area contributed by atoms with Crippen LogP contribution >= 0.6 is 0 Å². The van der Waals surface area contributed by atoms with E-state index < -0.39 is 18.0 Å². The minimum Gasteiger partial charge on any atom is -0.449 e. The number of piperidine rings is 1. The molecule has 1 atom stereocenters. The van der Waals surface area contributed by atoms with Gasteiger partial charge in [-0.2, -0.15) is 0 Å². The molecule has 1 aromatic rings. The number of nitrogens with one attached hydrogen (secondary N) is 2. The fraction of sp³-hybridized carbons (Fsp3) is 0.500. The summed E-state index contributed by atoms with van der Waals surface area (Å²) in [7, 11) is 0. The van der Waals surface area contributed by atoms with Crippen molar-refractivity contribution in [3.8, 4) is 0 Å². The van der Waals surface area contributed by atoms with Crippen LogP contribution in [0.4, 0.5) is 4.79 Å². The van der Waals surface area contributed by atoms with Crippen LogP contribution in [0.25, 0.3) is 0 Å². The first-order valence-corrected chi connectivity index (χ1v) is 9.59. The first-order valence-electron chi connectivity index (χ1n) is 9.59. The molecule has 3 aliphatic heterocycles. The maximum Gasteiger partial charge on any atom is 0.407 e. The van der Waals surface area contributed by atoms with E-state index in [-0.39, 0.29) is 30.2 Å². The van der Waals surface area contributed by atoms with Crippen LogP contribution in [0.15, 0.2) is 18.2 Å². The highest BCUT2D eigenvalue weighted by Gasteiger charge is 2.39. The molecule has 4 rings (SSSR count). The van der Waals surface area contributed by atoms with Gasteiger partial charge in [0.1, 0.15) is 12.6 Å². The number of ether oxygens (including phenoxy) is 2. The van der Waals surface area contributed by atoms with Gasteiger partial charge in [0.05, 0.1) is 13.2 Å². The van der Waals surface area contributed by atoms with Crippen LogP contribution in [0, 0.1) is 5.41 Å². The Morgan fingerprint density at radius 1 is 1.34 bits per heavy atom. The predicted molar refractivity (Wildman–Crippen MR) is 99.6 cm³/mol. The molecule has 0 aromatic heterocycles. The Hall–Kier alpha value is -2.94. The number of fused-ring (bicyclic) bond motifs is 1. The summed E-state index contributed by atoms with van der Waals surface area (Å²) < 4.78 is 10.4. The quantitative estimate of drug-likeness (QED) is 0.703. The van der Waals surface area contributed by atoms with Crippen LogP contribution in [0.2, 0.25) is 0 Å². The standard InChI is InChI=1S/C20H23N3O6/c1-20(9-28-10-20)11-29-19(27)21-7-12-2-3-13-8-23(18(26)14(13)6-12)15-4-5-16(24)22-17(15)25/h2-3,6,15H,4-5,7-11H2,1H3,(H,21,27)(H,22,24,25). The molecule has 0 aliphatic carbocycles. The Balaban J connectivity index is 1.34. The Morgan fingerprint density at radius 2 is 2.14 bits per heavy atom. The largest absolute Gasteiger partial charge is 0.449 e. The van der Waals surface area contributed by atoms with Gasteiger partial charge >= 0.3 is 6.09 Å². The number of carbonyl (C=O) groups is 4. The van der Waals surface area contributed by atoms with E-state index >= 15 is 0 Å². The summed E-state index contributed by atoms with van der Waals surface area (Å²) in [5.74, 6) is -0.982. The Bertz CT molecular complexity index is 879. The monoisotopic (exact) mass is 401 g/mol. The van der Waals surface area contributed by atoms with E-state index in [9.17, 15) is 19.2 Å². The number of hydrogen-bond donors (Lipinski definition) is 2. The minimum atomic E-state index is -0.638. The molecular formula is C20H23N3O6. The number of rotatable bonds is 5. The van der Waals surface area contributed by atoms with Gasteiger partial charge in [-0.1, -0.05) is 19.1 Å². The van der Waals surface area contributed by atoms with Gasteiger partial charge in [-0.25, -0.2) is 4.79 Å². The molecule has 2 fully saturated rings. The molecule has 1 unspecified atom stereocenters. The van der Waals surface area contributed by atoms with E-state index in [2.05, 4.69) is 10.6 Å². The third-order valence-corrected chi connectivity index (χ3v) is 5.48. The molecule has 0 saturated carbocycles. The molecule has 0 radical (unpaired) electrons. The second-order valence-electron chi connectivity index (χ2n) is 8.12. The fourth-order valence-electron chi connectivity index (χ4n) is 3.71. The fourth-order valence-corrected chi connectivity index (χ4v) is 3.71. The molecule has 3 heterocycles. The number of imide groups is 1. The van der Waals surface area contributed by atoms with Crippen LogP contribution in [-0.2, 0) is 32.2 Å². The number of alkyl carbamates (subject to hydrolysis) is 1. The minimum absolute atomic E-state index is 0.114. The van der Waals surface area contributed by atoms with Gasteiger partial charge in [0, 0.05) is 30.5 Å². The van der Waals surface area contributed by atoms with Crippen molar-refractivity contribution in [3.05, 3.63) is 34.9 Å². The summed E-state index contributed by atoms with van der Waals surface area (Å²) in [6.45, 7) is 4.00. The van der Waals surface area contributed by atoms with E-state index in [0.717, 1.165) is 11.1 Å². The highest BCUT2D eigenvalue weighted by atomic mass is 16.6. The first-order chi connectivity index (χ1) is 13.8. The maximum atomic E-state index is 12.8. The van der Waals surface area contributed by atoms with Gasteiger partial charge < -0.3 is 19.7 Å². The zero-order valence-corrected chi connectivity index (χ0v) is 16.2. The van der Waals surface area contributed by atoms with Crippen molar-refractivity contribution < 1.29 is 28.7 Å². The summed E-state index contributed by atoms with van der Waals surface area (Å²) in [6, 6.07) is 4.75. The van der Waals surface area contributed by atoms with Crippen LogP contribution in [0.1, 0.15) is 41.3 Å². The van der Waals surface area contributed by atoms with Gasteiger partial charge in [-0.15, -0.1) is 0 Å². The first kappa shape index (κ1) is 19.4. The SMILES string of the molecule is CC1(COC(=O)NCc2ccc3c(c2)C(=O)N(C2CCC(=O)NC2=O)C3)COC1. The van der Waals surface area contributed by atoms with E-state index in [1.807, 2.05) is 19.1 Å². The molecule has 3 aliphatic rings. The Kier molecular flexibility index (Phi) is 4.99. The lowest BCUT2D eigenvalue weighted by Gasteiger charge is -2.37. The highest BCUT2D eigenvalue weighted by molar-refractivity contribution is 6.05. The summed E-state index contributed by atoms with van der Waals surface area (Å²) in [5.41, 5.74) is 1.99. The molecular weight excluding hydrogens is 378 g/mol. The third-order valence-electron chi connectivity index (χ3n) is 5.48. The second-order valence-corrected chi connectivity index (χ2v) is 8.12. The van der Waals surface area contributed by atoms with Gasteiger partial charge in [0.15, 0.2) is 0 Å². The van der Waals surface area contributed by atoms with Crippen molar-refractivity contribution in [2.24, 2.45) is 5.41 Å². The summed E-state index contributed by atoms with van der Waals surface area (Å²) >= 11 is 0. The second kappa shape index (κ2) is 7.47. The molecule has 0 spiro atoms. The maximum absolute atomic E-state index is 12.8. The smallest absolute Gasteiger partial charge is 0.407 e. The van der Waals surface area contributed by atoms with Crippen molar-refractivity contribution in [2.75, 3.05) is 19.8 Å². The van der Waals surface area contributed by atoms with Crippen LogP contribution in [0.5, 0.6) is 0 Å². The van der Waals surface area contributed by atoms with E-state index in [0.29, 0.717) is 38.3 Å². The Labute approximate surface area is 167 Å². The lowest BCUT2D eigenvalue weighted by molar-refractivity contribution is -0.136. The van der Waals surface area contributed by atoms with Gasteiger partial charge in [0.25, 0.3) is 5.91 Å². The molecule has 9 heteroatoms. The topological polar surface area (TPSA) is 114 Å². The van der Waals surface area contributed by atoms with E-state index in [4.69, 9.17) is 9.47 Å². The lowest BCUT2D eigenvalue weighted by Crippen LogP contribution is -2.52. The molecule has 2 N–H and O–H groups in total. The van der Waals surface area contributed by atoms with Gasteiger partial charge in [-0.3, -0.25) is 19.7 Å². The normalized spacial score (nSPS) is 22.6.